The number of amides is 1. The molecule has 0 radical (unpaired) electrons. The molecule has 1 rings (SSSR count). The molecule has 1 aliphatic rings. The summed E-state index contributed by atoms with van der Waals surface area (Å²) in [6, 6.07) is 0. The van der Waals surface area contributed by atoms with Gasteiger partial charge in [-0.1, -0.05) is 13.8 Å². The van der Waals surface area contributed by atoms with Crippen LogP contribution >= 0.6 is 0 Å². The van der Waals surface area contributed by atoms with Gasteiger partial charge in [0.15, 0.2) is 0 Å². The third-order valence-corrected chi connectivity index (χ3v) is 2.75. The zero-order valence-electron chi connectivity index (χ0n) is 10.8. The van der Waals surface area contributed by atoms with Crippen LogP contribution in [0.25, 0.3) is 0 Å². The maximum atomic E-state index is 11.3. The Balaban J connectivity index is 0. The Hall–Kier alpha value is -0.610. The number of nitrogens with zero attached hydrogens (tertiary/aromatic N) is 1. The van der Waals surface area contributed by atoms with Crippen LogP contribution in [-0.4, -0.2) is 49.2 Å². The highest BCUT2D eigenvalue weighted by Gasteiger charge is 2.18. The van der Waals surface area contributed by atoms with Crippen LogP contribution in [0, 0.1) is 5.92 Å². The smallest absolute Gasteiger partial charge is 0.220 e. The fourth-order valence-electron chi connectivity index (χ4n) is 1.80. The van der Waals surface area contributed by atoms with Gasteiger partial charge in [-0.3, -0.25) is 4.79 Å². The molecule has 1 saturated heterocycles. The van der Waals surface area contributed by atoms with E-state index in [1.165, 1.54) is 0 Å². The average Bonchev–Trinajstić information content (AvgIpc) is 2.32. The summed E-state index contributed by atoms with van der Waals surface area (Å²) in [6.07, 6.45) is 2.85. The summed E-state index contributed by atoms with van der Waals surface area (Å²) >= 11 is 0. The van der Waals surface area contributed by atoms with E-state index in [9.17, 15) is 4.79 Å². The number of nitrogens with one attached hydrogen (secondary N) is 1. The van der Waals surface area contributed by atoms with Gasteiger partial charge >= 0.3 is 0 Å². The number of aliphatic hydroxyl groups excluding tert-OH is 1. The summed E-state index contributed by atoms with van der Waals surface area (Å²) in [5, 5.41) is 11.2. The van der Waals surface area contributed by atoms with Gasteiger partial charge in [0.05, 0.1) is 6.61 Å². The quantitative estimate of drug-likeness (QED) is 0.763. The van der Waals surface area contributed by atoms with Crippen LogP contribution in [0.1, 0.15) is 34.5 Å². The lowest BCUT2D eigenvalue weighted by molar-refractivity contribution is -0.122. The average molecular weight is 232 g/mol. The third kappa shape index (κ3) is 6.80. The molecule has 0 spiro atoms. The summed E-state index contributed by atoms with van der Waals surface area (Å²) in [5.74, 6) is 0.610. The maximum absolute atomic E-state index is 11.3. The first-order chi connectivity index (χ1) is 7.72. The Kier molecular flexibility index (Phi) is 9.24. The number of carbonyl (C=O) groups excluding carboxylic acids is 1. The third-order valence-electron chi connectivity index (χ3n) is 2.75. The van der Waals surface area contributed by atoms with E-state index in [2.05, 4.69) is 17.3 Å². The second-order valence-electron chi connectivity index (χ2n) is 4.02. The number of likely N-dealkylation sites (tertiary alicyclic amines) is 1. The van der Waals surface area contributed by atoms with Gasteiger partial charge < -0.3 is 15.3 Å². The fraction of sp³-hybridized carbons (Fsp3) is 0.917. The normalized spacial score (nSPS) is 17.5. The highest BCUT2D eigenvalue weighted by molar-refractivity contribution is 5.76. The second-order valence-corrected chi connectivity index (χ2v) is 4.02. The van der Waals surface area contributed by atoms with E-state index < -0.39 is 0 Å². The number of carbonyl (C=O) groups is 1. The number of hydrogen-bond donors (Lipinski definition) is 2. The Labute approximate surface area is 101 Å². The molecule has 4 nitrogen and oxygen atoms in total. The van der Waals surface area contributed by atoms with Gasteiger partial charge in [0, 0.05) is 14.4 Å². The largest absolute Gasteiger partial charge is 0.395 e. The van der Waals surface area contributed by atoms with Crippen LogP contribution in [0.2, 0.25) is 0 Å². The van der Waals surface area contributed by atoms with Gasteiger partial charge in [-0.15, -0.1) is 0 Å². The predicted octanol–water partition coefficient (Wildman–Crippen LogP) is 1.10. The Bertz CT molecular complexity index is 183. The second kappa shape index (κ2) is 9.60. The Morgan fingerprint density at radius 2 is 2.00 bits per heavy atom. The van der Waals surface area contributed by atoms with Gasteiger partial charge in [0.2, 0.25) is 5.91 Å². The van der Waals surface area contributed by atoms with Crippen LogP contribution in [0.5, 0.6) is 0 Å². The van der Waals surface area contributed by atoms with E-state index in [0.717, 1.165) is 25.9 Å². The summed E-state index contributed by atoms with van der Waals surface area (Å²) in [5.41, 5.74) is 0. The zero-order valence-corrected chi connectivity index (χ0v) is 10.8. The van der Waals surface area contributed by atoms with Crippen molar-refractivity contribution in [2.45, 2.75) is 33.1 Å². The minimum absolute atomic E-state index is 0. The van der Waals surface area contributed by atoms with Crippen LogP contribution in [0.4, 0.5) is 0 Å². The molecule has 16 heavy (non-hydrogen) atoms. The Morgan fingerprint density at radius 3 is 2.50 bits per heavy atom. The molecule has 1 amide bonds. The molecule has 98 valence electrons. The monoisotopic (exact) mass is 232 g/mol. The van der Waals surface area contributed by atoms with E-state index in [1.54, 1.807) is 0 Å². The highest BCUT2D eigenvalue weighted by atomic mass is 16.3. The number of aliphatic hydroxyl groups is 1. The first kappa shape index (κ1) is 15.4. The summed E-state index contributed by atoms with van der Waals surface area (Å²) in [6.45, 7) is 6.60. The molecule has 0 saturated carbocycles. The van der Waals surface area contributed by atoms with Crippen molar-refractivity contribution in [2.24, 2.45) is 5.92 Å². The molecule has 0 aromatic carbocycles. The van der Waals surface area contributed by atoms with Crippen molar-refractivity contribution in [3.8, 4) is 0 Å². The molecule has 0 bridgehead atoms. The first-order valence-corrected chi connectivity index (χ1v) is 6.28. The molecule has 1 fully saturated rings. The molecule has 2 N–H and O–H groups in total. The van der Waals surface area contributed by atoms with Crippen molar-refractivity contribution >= 4 is 5.91 Å². The SMILES string of the molecule is CC.CN1CCC(CC(=O)NCCO)CC1.[HH]. The van der Waals surface area contributed by atoms with Crippen molar-refractivity contribution in [2.75, 3.05) is 33.3 Å². The van der Waals surface area contributed by atoms with Gasteiger partial charge in [-0.05, 0) is 38.9 Å². The number of piperidine rings is 1. The molecule has 0 unspecified atom stereocenters. The molecule has 0 aromatic heterocycles. The van der Waals surface area contributed by atoms with Crippen molar-refractivity contribution in [3.05, 3.63) is 0 Å². The number of rotatable bonds is 4. The molecular weight excluding hydrogens is 204 g/mol. The molecule has 0 aliphatic carbocycles. The minimum Gasteiger partial charge on any atom is -0.395 e. The topological polar surface area (TPSA) is 52.6 Å². The molecule has 1 aliphatic heterocycles. The van der Waals surface area contributed by atoms with Gasteiger partial charge in [0.1, 0.15) is 0 Å². The Morgan fingerprint density at radius 1 is 1.44 bits per heavy atom. The van der Waals surface area contributed by atoms with Gasteiger partial charge in [-0.2, -0.15) is 0 Å². The first-order valence-electron chi connectivity index (χ1n) is 6.28. The van der Waals surface area contributed by atoms with Crippen molar-refractivity contribution in [1.29, 1.82) is 0 Å². The van der Waals surface area contributed by atoms with Crippen molar-refractivity contribution in [3.63, 3.8) is 0 Å². The molecule has 4 heteroatoms. The minimum atomic E-state index is 0. The molecule has 1 heterocycles. The van der Waals surface area contributed by atoms with Crippen LogP contribution in [0.3, 0.4) is 0 Å². The van der Waals surface area contributed by atoms with Crippen LogP contribution < -0.4 is 5.32 Å². The highest BCUT2D eigenvalue weighted by Crippen LogP contribution is 2.18. The molecule has 0 atom stereocenters. The summed E-state index contributed by atoms with van der Waals surface area (Å²) in [7, 11) is 2.11. The van der Waals surface area contributed by atoms with Gasteiger partial charge in [-0.25, -0.2) is 0 Å². The lowest BCUT2D eigenvalue weighted by atomic mass is 9.93. The number of hydrogen-bond acceptors (Lipinski definition) is 3. The lowest BCUT2D eigenvalue weighted by Gasteiger charge is -2.28. The summed E-state index contributed by atoms with van der Waals surface area (Å²) < 4.78 is 0. The lowest BCUT2D eigenvalue weighted by Crippen LogP contribution is -2.34. The van der Waals surface area contributed by atoms with Crippen LogP contribution in [0.15, 0.2) is 0 Å². The standard InChI is InChI=1S/C10H20N2O2.C2H6.H2/c1-12-5-2-9(3-6-12)8-10(14)11-4-7-13;1-2;/h9,13H,2-8H2,1H3,(H,11,14);1-2H3;1H. The summed E-state index contributed by atoms with van der Waals surface area (Å²) in [4.78, 5) is 13.6. The predicted molar refractivity (Wildman–Crippen MR) is 68.4 cm³/mol. The van der Waals surface area contributed by atoms with E-state index in [1.807, 2.05) is 13.8 Å². The van der Waals surface area contributed by atoms with E-state index in [4.69, 9.17) is 5.11 Å². The van der Waals surface area contributed by atoms with E-state index >= 15 is 0 Å². The van der Waals surface area contributed by atoms with Gasteiger partial charge in [0.25, 0.3) is 0 Å². The van der Waals surface area contributed by atoms with E-state index in [-0.39, 0.29) is 13.9 Å². The zero-order chi connectivity index (χ0) is 12.4. The van der Waals surface area contributed by atoms with Crippen molar-refractivity contribution in [1.82, 2.24) is 10.2 Å². The maximum Gasteiger partial charge on any atom is 0.220 e. The van der Waals surface area contributed by atoms with E-state index in [0.29, 0.717) is 18.9 Å². The van der Waals surface area contributed by atoms with Crippen molar-refractivity contribution < 1.29 is 11.3 Å². The molecular formula is C12H28N2O2. The molecule has 0 aromatic rings. The van der Waals surface area contributed by atoms with Crippen LogP contribution in [-0.2, 0) is 4.79 Å². The fourth-order valence-corrected chi connectivity index (χ4v) is 1.80.